The van der Waals surface area contributed by atoms with Crippen LogP contribution < -0.4 is 9.84 Å². The van der Waals surface area contributed by atoms with Crippen molar-refractivity contribution >= 4 is 11.7 Å². The van der Waals surface area contributed by atoms with E-state index in [4.69, 9.17) is 9.47 Å². The summed E-state index contributed by atoms with van der Waals surface area (Å²) < 4.78 is 11.4. The third-order valence-electron chi connectivity index (χ3n) is 4.72. The zero-order valence-electron chi connectivity index (χ0n) is 12.8. The Hall–Kier alpha value is -2.15. The average Bonchev–Trinajstić information content (AvgIpc) is 3.09. The first-order valence-electron chi connectivity index (χ1n) is 7.76. The number of aromatic carboxylic acids is 1. The minimum absolute atomic E-state index is 0.118. The number of carboxylic acids is 1. The fourth-order valence-corrected chi connectivity index (χ4v) is 3.69. The molecule has 124 valence electrons. The number of rotatable bonds is 6. The topological polar surface area (TPSA) is 102 Å². The van der Waals surface area contributed by atoms with Crippen LogP contribution in [0, 0.1) is 22.0 Å². The molecule has 0 aliphatic heterocycles. The molecular weight excluding hydrogens is 302 g/mol. The molecule has 2 fully saturated rings. The van der Waals surface area contributed by atoms with E-state index >= 15 is 0 Å². The normalized spacial score (nSPS) is 26.9. The van der Waals surface area contributed by atoms with Crippen LogP contribution >= 0.6 is 0 Å². The van der Waals surface area contributed by atoms with Crippen molar-refractivity contribution < 1.29 is 24.3 Å². The number of hydrogen-bond donors (Lipinski definition) is 0. The molecule has 0 saturated heterocycles. The summed E-state index contributed by atoms with van der Waals surface area (Å²) in [5.74, 6) is -0.276. The largest absolute Gasteiger partial charge is 0.545 e. The minimum atomic E-state index is -1.41. The second kappa shape index (κ2) is 6.16. The maximum atomic E-state index is 11.1. The SMILES string of the molecule is CC(Oc1cc(C(=O)[O-])ccc1[N+](=O)[O-])OC1CC2CCC1C2. The van der Waals surface area contributed by atoms with Gasteiger partial charge in [-0.2, -0.15) is 0 Å². The van der Waals surface area contributed by atoms with E-state index < -0.39 is 17.2 Å². The average molecular weight is 320 g/mol. The van der Waals surface area contributed by atoms with E-state index in [0.717, 1.165) is 31.0 Å². The fraction of sp³-hybridized carbons (Fsp3) is 0.562. The molecule has 23 heavy (non-hydrogen) atoms. The van der Waals surface area contributed by atoms with E-state index in [1.807, 2.05) is 0 Å². The Labute approximate surface area is 133 Å². The zero-order valence-corrected chi connectivity index (χ0v) is 12.8. The van der Waals surface area contributed by atoms with Crippen molar-refractivity contribution in [1.29, 1.82) is 0 Å². The van der Waals surface area contributed by atoms with Crippen LogP contribution in [-0.2, 0) is 4.74 Å². The lowest BCUT2D eigenvalue weighted by molar-refractivity contribution is -0.386. The van der Waals surface area contributed by atoms with Crippen LogP contribution in [0.3, 0.4) is 0 Å². The van der Waals surface area contributed by atoms with E-state index in [2.05, 4.69) is 0 Å². The molecule has 4 unspecified atom stereocenters. The van der Waals surface area contributed by atoms with Gasteiger partial charge in [0.15, 0.2) is 6.29 Å². The van der Waals surface area contributed by atoms with Gasteiger partial charge in [-0.1, -0.05) is 0 Å². The third-order valence-corrected chi connectivity index (χ3v) is 4.72. The van der Waals surface area contributed by atoms with Crippen molar-refractivity contribution in [3.63, 3.8) is 0 Å². The number of fused-ring (bicyclic) bond motifs is 2. The molecule has 0 radical (unpaired) electrons. The monoisotopic (exact) mass is 320 g/mol. The van der Waals surface area contributed by atoms with Crippen LogP contribution in [0.1, 0.15) is 43.0 Å². The second-order valence-electron chi connectivity index (χ2n) is 6.26. The quantitative estimate of drug-likeness (QED) is 0.450. The molecule has 0 heterocycles. The highest BCUT2D eigenvalue weighted by Crippen LogP contribution is 2.46. The van der Waals surface area contributed by atoms with E-state index in [1.54, 1.807) is 6.92 Å². The number of ether oxygens (including phenoxy) is 2. The Balaban J connectivity index is 1.71. The van der Waals surface area contributed by atoms with Gasteiger partial charge in [0.1, 0.15) is 0 Å². The van der Waals surface area contributed by atoms with Gasteiger partial charge in [-0.3, -0.25) is 10.1 Å². The van der Waals surface area contributed by atoms with Crippen molar-refractivity contribution in [2.75, 3.05) is 0 Å². The van der Waals surface area contributed by atoms with Gasteiger partial charge >= 0.3 is 5.69 Å². The van der Waals surface area contributed by atoms with E-state index in [-0.39, 0.29) is 23.1 Å². The van der Waals surface area contributed by atoms with Crippen molar-refractivity contribution in [2.24, 2.45) is 11.8 Å². The van der Waals surface area contributed by atoms with Crippen LogP contribution in [0.25, 0.3) is 0 Å². The number of carboxylic acid groups (broad SMARTS) is 1. The Kier molecular flexibility index (Phi) is 4.21. The van der Waals surface area contributed by atoms with Gasteiger partial charge in [0.05, 0.1) is 17.0 Å². The molecule has 1 aromatic rings. The Morgan fingerprint density at radius 1 is 1.35 bits per heavy atom. The van der Waals surface area contributed by atoms with Crippen molar-refractivity contribution in [1.82, 2.24) is 0 Å². The lowest BCUT2D eigenvalue weighted by Crippen LogP contribution is -2.29. The van der Waals surface area contributed by atoms with E-state index in [9.17, 15) is 20.0 Å². The number of nitrogens with zero attached hydrogens (tertiary/aromatic N) is 1. The number of hydrogen-bond acceptors (Lipinski definition) is 6. The maximum absolute atomic E-state index is 11.1. The van der Waals surface area contributed by atoms with Crippen molar-refractivity contribution in [3.05, 3.63) is 33.9 Å². The molecule has 7 nitrogen and oxygen atoms in total. The number of carbonyl (C=O) groups is 1. The predicted octanol–water partition coefficient (Wildman–Crippen LogP) is 1.89. The summed E-state index contributed by atoms with van der Waals surface area (Å²) in [6.45, 7) is 1.67. The molecule has 3 rings (SSSR count). The van der Waals surface area contributed by atoms with Crippen LogP contribution in [0.2, 0.25) is 0 Å². The first-order valence-corrected chi connectivity index (χ1v) is 7.76. The van der Waals surface area contributed by atoms with E-state index in [0.29, 0.717) is 11.8 Å². The van der Waals surface area contributed by atoms with Crippen LogP contribution in [0.15, 0.2) is 18.2 Å². The lowest BCUT2D eigenvalue weighted by atomic mass is 9.98. The molecule has 0 N–H and O–H groups in total. The lowest BCUT2D eigenvalue weighted by Gasteiger charge is -2.26. The molecule has 7 heteroatoms. The van der Waals surface area contributed by atoms with Gasteiger partial charge in [-0.05, 0) is 56.6 Å². The molecule has 0 spiro atoms. The summed E-state index contributed by atoms with van der Waals surface area (Å²) in [6.07, 6.45) is 4.01. The van der Waals surface area contributed by atoms with Gasteiger partial charge in [-0.25, -0.2) is 0 Å². The van der Waals surface area contributed by atoms with Crippen molar-refractivity contribution in [2.45, 2.75) is 45.0 Å². The summed E-state index contributed by atoms with van der Waals surface area (Å²) in [5, 5.41) is 22.0. The molecule has 2 bridgehead atoms. The Morgan fingerprint density at radius 2 is 2.13 bits per heavy atom. The minimum Gasteiger partial charge on any atom is -0.545 e. The standard InChI is InChI=1S/C16H19NO6/c1-9(22-14-7-10-2-3-11(14)6-10)23-15-8-12(16(18)19)4-5-13(15)17(20)21/h4-5,8-11,14H,2-3,6-7H2,1H3,(H,18,19)/p-1. The predicted molar refractivity (Wildman–Crippen MR) is 77.8 cm³/mol. The molecule has 0 amide bonds. The number of benzene rings is 1. The molecule has 1 aromatic carbocycles. The summed E-state index contributed by atoms with van der Waals surface area (Å²) in [4.78, 5) is 21.4. The second-order valence-corrected chi connectivity index (χ2v) is 6.26. The van der Waals surface area contributed by atoms with Gasteiger partial charge < -0.3 is 19.4 Å². The van der Waals surface area contributed by atoms with Crippen molar-refractivity contribution in [3.8, 4) is 5.75 Å². The van der Waals surface area contributed by atoms with Gasteiger partial charge in [0.2, 0.25) is 5.75 Å². The van der Waals surface area contributed by atoms with E-state index in [1.165, 1.54) is 12.8 Å². The van der Waals surface area contributed by atoms with Crippen LogP contribution in [0.4, 0.5) is 5.69 Å². The number of nitro benzene ring substituents is 1. The zero-order chi connectivity index (χ0) is 16.6. The maximum Gasteiger partial charge on any atom is 0.311 e. The summed E-state index contributed by atoms with van der Waals surface area (Å²) in [5.41, 5.74) is -0.462. The molecule has 2 aliphatic rings. The molecular formula is C16H18NO6-. The van der Waals surface area contributed by atoms with Gasteiger partial charge in [0, 0.05) is 11.6 Å². The van der Waals surface area contributed by atoms with Gasteiger partial charge in [0.25, 0.3) is 0 Å². The summed E-state index contributed by atoms with van der Waals surface area (Å²) in [7, 11) is 0. The number of carbonyl (C=O) groups excluding carboxylic acids is 1. The molecule has 4 atom stereocenters. The smallest absolute Gasteiger partial charge is 0.311 e. The first kappa shape index (κ1) is 15.7. The highest BCUT2D eigenvalue weighted by atomic mass is 16.7. The fourth-order valence-electron chi connectivity index (χ4n) is 3.69. The summed E-state index contributed by atoms with van der Waals surface area (Å²) >= 11 is 0. The molecule has 2 aliphatic carbocycles. The van der Waals surface area contributed by atoms with Crippen LogP contribution in [0.5, 0.6) is 5.75 Å². The third kappa shape index (κ3) is 3.29. The highest BCUT2D eigenvalue weighted by molar-refractivity contribution is 5.87. The molecule has 0 aromatic heterocycles. The Bertz CT molecular complexity index is 631. The Morgan fingerprint density at radius 3 is 2.70 bits per heavy atom. The van der Waals surface area contributed by atoms with Gasteiger partial charge in [-0.15, -0.1) is 0 Å². The summed E-state index contributed by atoms with van der Waals surface area (Å²) in [6, 6.07) is 3.33. The molecule has 2 saturated carbocycles. The highest BCUT2D eigenvalue weighted by Gasteiger charge is 2.41. The van der Waals surface area contributed by atoms with Crippen LogP contribution in [-0.4, -0.2) is 23.3 Å². The first-order chi connectivity index (χ1) is 10.9. The number of nitro groups is 1.